The van der Waals surface area contributed by atoms with E-state index in [1.807, 2.05) is 24.3 Å². The summed E-state index contributed by atoms with van der Waals surface area (Å²) in [5, 5.41) is -0.253. The molecule has 138 valence electrons. The lowest BCUT2D eigenvalue weighted by Gasteiger charge is -2.15. The number of thiocarbonyl (C=S) groups is 1. The van der Waals surface area contributed by atoms with Gasteiger partial charge in [-0.3, -0.25) is 14.7 Å². The van der Waals surface area contributed by atoms with Crippen LogP contribution in [0.2, 0.25) is 0 Å². The second kappa shape index (κ2) is 8.89. The number of rotatable bonds is 7. The van der Waals surface area contributed by atoms with Crippen molar-refractivity contribution < 1.29 is 14.3 Å². The van der Waals surface area contributed by atoms with Gasteiger partial charge in [0.25, 0.3) is 0 Å². The van der Waals surface area contributed by atoms with Gasteiger partial charge in [0, 0.05) is 12.4 Å². The average Bonchev–Trinajstić information content (AvgIpc) is 2.95. The predicted octanol–water partition coefficient (Wildman–Crippen LogP) is 3.07. The normalized spacial score (nSPS) is 16.3. The molecule has 3 rings (SSSR count). The SMILES string of the molecule is C#CCOc1ccc(C[C@@H]2SC(=S)N(Cc3cccnc3)C2=O)cc1OC. The third kappa shape index (κ3) is 4.59. The van der Waals surface area contributed by atoms with Gasteiger partial charge in [0.2, 0.25) is 5.91 Å². The number of carbonyl (C=O) groups excluding carboxylic acids is 1. The Morgan fingerprint density at radius 2 is 2.19 bits per heavy atom. The molecule has 0 N–H and O–H groups in total. The standard InChI is InChI=1S/C20H18N2O3S2/c1-3-9-25-16-7-6-14(10-17(16)24-2)11-18-19(23)22(20(26)27-18)13-15-5-4-8-21-12-15/h1,4-8,10,12,18H,9,11,13H2,2H3/t18-/m0/s1. The van der Waals surface area contributed by atoms with Crippen molar-refractivity contribution in [2.24, 2.45) is 0 Å². The maximum atomic E-state index is 12.8. The van der Waals surface area contributed by atoms with Gasteiger partial charge in [-0.05, 0) is 35.7 Å². The number of nitrogens with zero attached hydrogens (tertiary/aromatic N) is 2. The molecule has 1 saturated heterocycles. The molecule has 0 radical (unpaired) electrons. The zero-order valence-electron chi connectivity index (χ0n) is 14.8. The molecule has 1 aromatic carbocycles. The van der Waals surface area contributed by atoms with E-state index in [2.05, 4.69) is 10.9 Å². The monoisotopic (exact) mass is 398 g/mol. The number of ether oxygens (including phenoxy) is 2. The van der Waals surface area contributed by atoms with Crippen LogP contribution in [0.3, 0.4) is 0 Å². The van der Waals surface area contributed by atoms with Gasteiger partial charge in [0.15, 0.2) is 11.5 Å². The quantitative estimate of drug-likeness (QED) is 0.528. The maximum absolute atomic E-state index is 12.8. The van der Waals surface area contributed by atoms with E-state index in [-0.39, 0.29) is 17.8 Å². The summed E-state index contributed by atoms with van der Waals surface area (Å²) in [5.41, 5.74) is 1.92. The second-order valence-electron chi connectivity index (χ2n) is 5.84. The van der Waals surface area contributed by atoms with Crippen molar-refractivity contribution in [2.75, 3.05) is 13.7 Å². The lowest BCUT2D eigenvalue weighted by atomic mass is 10.1. The molecule has 1 aliphatic heterocycles. The van der Waals surface area contributed by atoms with Crippen LogP contribution in [0.15, 0.2) is 42.7 Å². The Hall–Kier alpha value is -2.56. The van der Waals surface area contributed by atoms with Crippen molar-refractivity contribution >= 4 is 34.2 Å². The second-order valence-corrected chi connectivity index (χ2v) is 7.68. The molecule has 0 bridgehead atoms. The summed E-state index contributed by atoms with van der Waals surface area (Å²) in [7, 11) is 1.57. The van der Waals surface area contributed by atoms with Crippen molar-refractivity contribution in [1.29, 1.82) is 0 Å². The number of carbonyl (C=O) groups is 1. The van der Waals surface area contributed by atoms with Crippen LogP contribution in [0.5, 0.6) is 11.5 Å². The largest absolute Gasteiger partial charge is 0.493 e. The van der Waals surface area contributed by atoms with Crippen LogP contribution in [0, 0.1) is 12.3 Å². The van der Waals surface area contributed by atoms with Gasteiger partial charge in [-0.25, -0.2) is 0 Å². The fourth-order valence-electron chi connectivity index (χ4n) is 2.74. The number of hydrogen-bond acceptors (Lipinski definition) is 6. The van der Waals surface area contributed by atoms with Gasteiger partial charge in [0.05, 0.1) is 18.9 Å². The highest BCUT2D eigenvalue weighted by Gasteiger charge is 2.36. The lowest BCUT2D eigenvalue weighted by molar-refractivity contribution is -0.126. The minimum absolute atomic E-state index is 0.0143. The number of pyridine rings is 1. The van der Waals surface area contributed by atoms with Crippen LogP contribution in [-0.2, 0) is 17.8 Å². The van der Waals surface area contributed by atoms with Gasteiger partial charge in [0.1, 0.15) is 10.9 Å². The molecule has 1 fully saturated rings. The number of methoxy groups -OCH3 is 1. The van der Waals surface area contributed by atoms with E-state index < -0.39 is 0 Å². The lowest BCUT2D eigenvalue weighted by Crippen LogP contribution is -2.31. The van der Waals surface area contributed by atoms with E-state index in [9.17, 15) is 4.79 Å². The molecular formula is C20H18N2O3S2. The van der Waals surface area contributed by atoms with Gasteiger partial charge < -0.3 is 9.47 Å². The first-order valence-corrected chi connectivity index (χ1v) is 9.55. The fraction of sp³-hybridized carbons (Fsp3) is 0.250. The average molecular weight is 399 g/mol. The van der Waals surface area contributed by atoms with Crippen LogP contribution in [0.25, 0.3) is 0 Å². The van der Waals surface area contributed by atoms with Gasteiger partial charge in [-0.1, -0.05) is 42.0 Å². The number of terminal acetylenes is 1. The summed E-state index contributed by atoms with van der Waals surface area (Å²) < 4.78 is 11.4. The molecule has 7 heteroatoms. The molecule has 1 aliphatic rings. The Morgan fingerprint density at radius 3 is 2.89 bits per heavy atom. The van der Waals surface area contributed by atoms with E-state index in [0.717, 1.165) is 11.1 Å². The van der Waals surface area contributed by atoms with Crippen LogP contribution in [0.4, 0.5) is 0 Å². The van der Waals surface area contributed by atoms with Crippen molar-refractivity contribution in [1.82, 2.24) is 9.88 Å². The summed E-state index contributed by atoms with van der Waals surface area (Å²) in [6.07, 6.45) is 9.23. The Labute approximate surface area is 168 Å². The smallest absolute Gasteiger partial charge is 0.242 e. The number of amides is 1. The zero-order chi connectivity index (χ0) is 19.2. The first-order valence-electron chi connectivity index (χ1n) is 8.26. The summed E-state index contributed by atoms with van der Waals surface area (Å²) in [6, 6.07) is 9.36. The Kier molecular flexibility index (Phi) is 6.32. The molecule has 1 aromatic heterocycles. The van der Waals surface area contributed by atoms with E-state index >= 15 is 0 Å². The summed E-state index contributed by atoms with van der Waals surface area (Å²) >= 11 is 6.83. The molecule has 2 heterocycles. The molecule has 0 unspecified atom stereocenters. The molecule has 0 saturated carbocycles. The predicted molar refractivity (Wildman–Crippen MR) is 110 cm³/mol. The molecule has 5 nitrogen and oxygen atoms in total. The van der Waals surface area contributed by atoms with E-state index in [4.69, 9.17) is 28.1 Å². The van der Waals surface area contributed by atoms with Crippen LogP contribution >= 0.6 is 24.0 Å². The van der Waals surface area contributed by atoms with E-state index in [1.165, 1.54) is 11.8 Å². The molecule has 1 atom stereocenters. The highest BCUT2D eigenvalue weighted by atomic mass is 32.2. The molecule has 1 amide bonds. The summed E-state index contributed by atoms with van der Waals surface area (Å²) in [5.74, 6) is 3.61. The fourth-order valence-corrected chi connectivity index (χ4v) is 4.27. The molecular weight excluding hydrogens is 380 g/mol. The number of thioether (sulfide) groups is 1. The Balaban J connectivity index is 1.70. The minimum Gasteiger partial charge on any atom is -0.493 e. The summed E-state index contributed by atoms with van der Waals surface area (Å²) in [4.78, 5) is 18.5. The first-order chi connectivity index (χ1) is 13.1. The van der Waals surface area contributed by atoms with Gasteiger partial charge >= 0.3 is 0 Å². The third-order valence-electron chi connectivity index (χ3n) is 4.03. The first kappa shape index (κ1) is 19.2. The third-order valence-corrected chi connectivity index (χ3v) is 5.61. The Morgan fingerprint density at radius 1 is 1.33 bits per heavy atom. The van der Waals surface area contributed by atoms with Crippen LogP contribution in [0.1, 0.15) is 11.1 Å². The number of aromatic nitrogens is 1. The van der Waals surface area contributed by atoms with Crippen LogP contribution in [-0.4, -0.2) is 39.1 Å². The number of hydrogen-bond donors (Lipinski definition) is 0. The van der Waals surface area contributed by atoms with Crippen molar-refractivity contribution in [3.8, 4) is 23.8 Å². The van der Waals surface area contributed by atoms with E-state index in [1.54, 1.807) is 30.5 Å². The van der Waals surface area contributed by atoms with Gasteiger partial charge in [-0.15, -0.1) is 6.42 Å². The van der Waals surface area contributed by atoms with Crippen molar-refractivity contribution in [3.63, 3.8) is 0 Å². The van der Waals surface area contributed by atoms with Crippen molar-refractivity contribution in [2.45, 2.75) is 18.2 Å². The van der Waals surface area contributed by atoms with Crippen LogP contribution < -0.4 is 9.47 Å². The molecule has 0 aliphatic carbocycles. The maximum Gasteiger partial charge on any atom is 0.242 e. The molecule has 27 heavy (non-hydrogen) atoms. The molecule has 0 spiro atoms. The van der Waals surface area contributed by atoms with E-state index in [0.29, 0.717) is 28.8 Å². The summed E-state index contributed by atoms with van der Waals surface area (Å²) in [6.45, 7) is 0.613. The number of benzene rings is 1. The minimum atomic E-state index is -0.253. The van der Waals surface area contributed by atoms with Gasteiger partial charge in [-0.2, -0.15) is 0 Å². The highest BCUT2D eigenvalue weighted by molar-refractivity contribution is 8.24. The van der Waals surface area contributed by atoms with Crippen molar-refractivity contribution in [3.05, 3.63) is 53.9 Å². The highest BCUT2D eigenvalue weighted by Crippen LogP contribution is 2.34. The molecule has 2 aromatic rings. The topological polar surface area (TPSA) is 51.7 Å². The Bertz CT molecular complexity index is 881. The zero-order valence-corrected chi connectivity index (χ0v) is 16.4.